The molecule has 0 aliphatic rings. The maximum Gasteiger partial charge on any atom is 0.340 e. The Morgan fingerprint density at radius 1 is 1.19 bits per heavy atom. The quantitative estimate of drug-likeness (QED) is 0.262. The summed E-state index contributed by atoms with van der Waals surface area (Å²) in [6.45, 7) is 4.95. The number of halogens is 2. The number of aromatic nitrogens is 4. The normalized spacial score (nSPS) is 11.2. The van der Waals surface area contributed by atoms with E-state index in [1.165, 1.54) is 0 Å². The molecular weight excluding hydrogens is 492 g/mol. The molecule has 0 atom stereocenters. The fourth-order valence-electron chi connectivity index (χ4n) is 3.69. The molecule has 0 amide bonds. The number of carbonyl (C=O) groups is 1. The molecule has 2 aromatic carbocycles. The number of aryl methyl sites for hydroxylation is 1. The first-order valence-corrected chi connectivity index (χ1v) is 11.8. The first-order valence-electron chi connectivity index (χ1n) is 10.7. The largest absolute Gasteiger partial charge is 0.462 e. The number of ether oxygens (including phenoxy) is 1. The molecule has 2 aromatic heterocycles. The van der Waals surface area contributed by atoms with Crippen molar-refractivity contribution in [3.8, 4) is 5.69 Å². The number of para-hydroxylation sites is 1. The van der Waals surface area contributed by atoms with Gasteiger partial charge in [0.05, 0.1) is 23.4 Å². The second-order valence-corrected chi connectivity index (χ2v) is 8.64. The Labute approximate surface area is 200 Å². The van der Waals surface area contributed by atoms with E-state index in [-0.39, 0.29) is 5.97 Å². The molecule has 2 heterocycles. The molecule has 0 bridgehead atoms. The minimum Gasteiger partial charge on any atom is -0.462 e. The Hall–Kier alpha value is -2.64. The van der Waals surface area contributed by atoms with Crippen LogP contribution in [-0.2, 0) is 17.7 Å². The highest BCUT2D eigenvalue weighted by atomic mass is 79.9. The van der Waals surface area contributed by atoms with Crippen molar-refractivity contribution in [3.05, 3.63) is 75.4 Å². The summed E-state index contributed by atoms with van der Waals surface area (Å²) in [5, 5.41) is 6.19. The summed E-state index contributed by atoms with van der Waals surface area (Å²) in [4.78, 5) is 16.9. The van der Waals surface area contributed by atoms with Gasteiger partial charge in [-0.25, -0.2) is 14.5 Å². The molecule has 0 saturated heterocycles. The molecule has 4 rings (SSSR count). The third-order valence-corrected chi connectivity index (χ3v) is 6.19. The molecule has 4 aromatic rings. The topological polar surface area (TPSA) is 61.9 Å². The lowest BCUT2D eigenvalue weighted by molar-refractivity contribution is 0.0526. The molecular formula is C24H24BrClN4O2. The Bertz CT molecular complexity index is 1260. The van der Waals surface area contributed by atoms with Gasteiger partial charge in [0.2, 0.25) is 0 Å². The van der Waals surface area contributed by atoms with Crippen LogP contribution in [0.1, 0.15) is 48.4 Å². The van der Waals surface area contributed by atoms with Crippen LogP contribution in [0.2, 0.25) is 5.15 Å². The molecule has 0 fully saturated rings. The minimum absolute atomic E-state index is 0.317. The number of hydrogen-bond donors (Lipinski definition) is 0. The van der Waals surface area contributed by atoms with Gasteiger partial charge in [-0.3, -0.25) is 0 Å². The third kappa shape index (κ3) is 4.59. The fourth-order valence-corrected chi connectivity index (χ4v) is 4.49. The highest BCUT2D eigenvalue weighted by Crippen LogP contribution is 2.29. The van der Waals surface area contributed by atoms with E-state index in [2.05, 4.69) is 44.5 Å². The van der Waals surface area contributed by atoms with E-state index in [0.29, 0.717) is 29.6 Å². The van der Waals surface area contributed by atoms with Crippen LogP contribution in [0.4, 0.5) is 0 Å². The van der Waals surface area contributed by atoms with Gasteiger partial charge in [-0.15, -0.1) is 0 Å². The molecule has 0 aliphatic heterocycles. The van der Waals surface area contributed by atoms with E-state index in [9.17, 15) is 4.79 Å². The van der Waals surface area contributed by atoms with E-state index in [4.69, 9.17) is 21.4 Å². The smallest absolute Gasteiger partial charge is 0.340 e. The third-order valence-electron chi connectivity index (χ3n) is 5.24. The van der Waals surface area contributed by atoms with E-state index in [1.807, 2.05) is 30.5 Å². The van der Waals surface area contributed by atoms with Crippen LogP contribution in [0, 0.1) is 0 Å². The van der Waals surface area contributed by atoms with Crippen molar-refractivity contribution in [1.82, 2.24) is 19.3 Å². The summed E-state index contributed by atoms with van der Waals surface area (Å²) in [5.74, 6) is 0.627. The van der Waals surface area contributed by atoms with E-state index >= 15 is 0 Å². The highest BCUT2D eigenvalue weighted by molar-refractivity contribution is 9.10. The number of fused-ring (bicyclic) bond motifs is 1. The zero-order valence-corrected chi connectivity index (χ0v) is 20.4. The fraction of sp³-hybridized carbons (Fsp3) is 0.292. The number of nitrogens with zero attached hydrogens (tertiary/aromatic N) is 4. The first-order chi connectivity index (χ1) is 15.5. The van der Waals surface area contributed by atoms with Crippen molar-refractivity contribution < 1.29 is 9.53 Å². The Kier molecular flexibility index (Phi) is 6.96. The summed E-state index contributed by atoms with van der Waals surface area (Å²) in [6.07, 6.45) is 4.96. The maximum atomic E-state index is 12.4. The first kappa shape index (κ1) is 22.6. The van der Waals surface area contributed by atoms with Gasteiger partial charge in [0.15, 0.2) is 0 Å². The molecule has 8 heteroatoms. The number of rotatable bonds is 8. The summed E-state index contributed by atoms with van der Waals surface area (Å²) in [5.41, 5.74) is 3.08. The molecule has 0 unspecified atom stereocenters. The van der Waals surface area contributed by atoms with E-state index in [0.717, 1.165) is 46.2 Å². The second-order valence-electron chi connectivity index (χ2n) is 7.50. The summed E-state index contributed by atoms with van der Waals surface area (Å²) >= 11 is 9.87. The second kappa shape index (κ2) is 9.88. The van der Waals surface area contributed by atoms with Crippen LogP contribution < -0.4 is 0 Å². The predicted molar refractivity (Wildman–Crippen MR) is 130 cm³/mol. The molecule has 0 N–H and O–H groups in total. The Morgan fingerprint density at radius 2 is 2.00 bits per heavy atom. The van der Waals surface area contributed by atoms with Crippen LogP contribution in [0.25, 0.3) is 16.6 Å². The van der Waals surface area contributed by atoms with Crippen molar-refractivity contribution in [2.45, 2.75) is 39.7 Å². The molecule has 32 heavy (non-hydrogen) atoms. The van der Waals surface area contributed by atoms with E-state index in [1.54, 1.807) is 17.7 Å². The van der Waals surface area contributed by atoms with Gasteiger partial charge in [-0.05, 0) is 59.1 Å². The summed E-state index contributed by atoms with van der Waals surface area (Å²) < 4.78 is 9.84. The van der Waals surface area contributed by atoms with Crippen LogP contribution in [0.15, 0.2) is 53.3 Å². The lowest BCUT2D eigenvalue weighted by Gasteiger charge is -2.09. The molecule has 0 radical (unpaired) electrons. The average molecular weight is 516 g/mol. The standard InChI is InChI=1S/C24H24BrClN4O2/c1-3-5-10-22-27-21(26)15-29(22)14-16-11-12-19-18(13-16)23(25)30(28-19)20-9-7-6-8-17(20)24(31)32-4-2/h6-9,11-13,15H,3-5,10,14H2,1-2H3. The van der Waals surface area contributed by atoms with Crippen LogP contribution in [0.3, 0.4) is 0 Å². The number of hydrogen-bond acceptors (Lipinski definition) is 4. The minimum atomic E-state index is -0.369. The van der Waals surface area contributed by atoms with E-state index < -0.39 is 0 Å². The van der Waals surface area contributed by atoms with Crippen molar-refractivity contribution in [2.75, 3.05) is 6.61 Å². The van der Waals surface area contributed by atoms with Gasteiger partial charge in [0, 0.05) is 24.5 Å². The zero-order valence-electron chi connectivity index (χ0n) is 18.0. The van der Waals surface area contributed by atoms with Gasteiger partial charge in [0.25, 0.3) is 0 Å². The van der Waals surface area contributed by atoms with Crippen molar-refractivity contribution in [2.24, 2.45) is 0 Å². The van der Waals surface area contributed by atoms with Gasteiger partial charge in [0.1, 0.15) is 15.6 Å². The number of imidazole rings is 1. The van der Waals surface area contributed by atoms with Gasteiger partial charge >= 0.3 is 5.97 Å². The van der Waals surface area contributed by atoms with Crippen molar-refractivity contribution in [3.63, 3.8) is 0 Å². The molecule has 0 spiro atoms. The number of benzene rings is 2. The van der Waals surface area contributed by atoms with Crippen LogP contribution in [0.5, 0.6) is 0 Å². The molecule has 6 nitrogen and oxygen atoms in total. The number of carbonyl (C=O) groups excluding carboxylic acids is 1. The monoisotopic (exact) mass is 514 g/mol. The SMILES string of the molecule is CCCCc1nc(Cl)cn1Cc1ccc2nn(-c3ccccc3C(=O)OCC)c(Br)c2c1. The van der Waals surface area contributed by atoms with Gasteiger partial charge in [-0.2, -0.15) is 5.10 Å². The zero-order chi connectivity index (χ0) is 22.7. The average Bonchev–Trinajstić information content (AvgIpc) is 3.31. The van der Waals surface area contributed by atoms with Gasteiger partial charge in [-0.1, -0.05) is 43.1 Å². The molecule has 0 aliphatic carbocycles. The lowest BCUT2D eigenvalue weighted by atomic mass is 10.1. The number of esters is 1. The van der Waals surface area contributed by atoms with Crippen molar-refractivity contribution in [1.29, 1.82) is 0 Å². The Morgan fingerprint density at radius 3 is 2.78 bits per heavy atom. The molecule has 0 saturated carbocycles. The van der Waals surface area contributed by atoms with Crippen LogP contribution in [-0.4, -0.2) is 31.9 Å². The maximum absolute atomic E-state index is 12.4. The van der Waals surface area contributed by atoms with Crippen LogP contribution >= 0.6 is 27.5 Å². The number of unbranched alkanes of at least 4 members (excludes halogenated alkanes) is 1. The molecule has 166 valence electrons. The summed E-state index contributed by atoms with van der Waals surface area (Å²) in [7, 11) is 0. The highest BCUT2D eigenvalue weighted by Gasteiger charge is 2.18. The predicted octanol–water partition coefficient (Wildman–Crippen LogP) is 6.21. The van der Waals surface area contributed by atoms with Gasteiger partial charge < -0.3 is 9.30 Å². The van der Waals surface area contributed by atoms with Crippen molar-refractivity contribution >= 4 is 44.4 Å². The lowest BCUT2D eigenvalue weighted by Crippen LogP contribution is -2.10. The Balaban J connectivity index is 1.70. The summed E-state index contributed by atoms with van der Waals surface area (Å²) in [6, 6.07) is 13.5.